The van der Waals surface area contributed by atoms with Gasteiger partial charge in [0, 0.05) is 35.3 Å². The van der Waals surface area contributed by atoms with Crippen LogP contribution in [-0.4, -0.2) is 70.2 Å². The first kappa shape index (κ1) is 43.5. The number of carbonyl (C=O) groups is 1. The molecule has 6 nitrogen and oxygen atoms in total. The topological polar surface area (TPSA) is 76.1 Å². The molecule has 53 heavy (non-hydrogen) atoms. The van der Waals surface area contributed by atoms with Crippen molar-refractivity contribution in [1.82, 2.24) is 4.90 Å². The van der Waals surface area contributed by atoms with E-state index in [1.165, 1.54) is 5.57 Å². The number of alkyl halides is 5. The maximum atomic E-state index is 13.0. The van der Waals surface area contributed by atoms with Crippen LogP contribution in [0, 0.1) is 0 Å². The minimum absolute atomic E-state index is 0.157. The molecule has 1 amide bonds. The third-order valence-electron chi connectivity index (χ3n) is 8.81. The van der Waals surface area contributed by atoms with Gasteiger partial charge in [-0.05, 0) is 84.7 Å². The zero-order chi connectivity index (χ0) is 38.7. The molecular weight excluding hydrogens is 714 g/mol. The van der Waals surface area contributed by atoms with Crippen LogP contribution in [0.3, 0.4) is 0 Å². The monoisotopic (exact) mass is 765 g/mol. The van der Waals surface area contributed by atoms with Crippen molar-refractivity contribution in [2.24, 2.45) is 0 Å². The maximum Gasteiger partial charge on any atom is 0.453 e. The van der Waals surface area contributed by atoms with Gasteiger partial charge in [0.1, 0.15) is 18.1 Å². The van der Waals surface area contributed by atoms with E-state index < -0.39 is 41.8 Å². The van der Waals surface area contributed by atoms with Gasteiger partial charge in [-0.3, -0.25) is 4.21 Å². The SMILES string of the molecule is CCOC(=O)N(CCCCCCCCCS(=O)CCCC(F)(F)C(F)(F)F)CCOc1ccc(/C(=C(\CC)c2ccccc2)c2ccc(O)cc2)cc1. The van der Waals surface area contributed by atoms with E-state index in [4.69, 9.17) is 9.47 Å². The molecule has 0 aliphatic heterocycles. The molecule has 3 aromatic rings. The van der Waals surface area contributed by atoms with Crippen molar-refractivity contribution in [2.75, 3.05) is 37.8 Å². The van der Waals surface area contributed by atoms with Gasteiger partial charge in [0.25, 0.3) is 0 Å². The van der Waals surface area contributed by atoms with E-state index in [-0.39, 0.29) is 24.7 Å². The second-order valence-electron chi connectivity index (χ2n) is 12.8. The van der Waals surface area contributed by atoms with Crippen LogP contribution in [0.15, 0.2) is 78.9 Å². The number of halogens is 5. The normalized spacial score (nSPS) is 13.0. The lowest BCUT2D eigenvalue weighted by Gasteiger charge is -2.22. The summed E-state index contributed by atoms with van der Waals surface area (Å²) in [5, 5.41) is 9.91. The van der Waals surface area contributed by atoms with E-state index in [1.807, 2.05) is 54.6 Å². The number of ether oxygens (including phenoxy) is 2. The van der Waals surface area contributed by atoms with Crippen molar-refractivity contribution in [3.8, 4) is 11.5 Å². The van der Waals surface area contributed by atoms with Gasteiger partial charge in [0.05, 0.1) is 13.2 Å². The van der Waals surface area contributed by atoms with Gasteiger partial charge in [-0.2, -0.15) is 22.0 Å². The zero-order valence-electron chi connectivity index (χ0n) is 30.6. The first-order valence-corrected chi connectivity index (χ1v) is 19.9. The van der Waals surface area contributed by atoms with E-state index in [0.29, 0.717) is 31.0 Å². The number of aromatic hydroxyl groups is 1. The number of hydrogen-bond donors (Lipinski definition) is 1. The van der Waals surface area contributed by atoms with Gasteiger partial charge in [0.2, 0.25) is 0 Å². The molecule has 0 saturated carbocycles. The van der Waals surface area contributed by atoms with Gasteiger partial charge in [-0.1, -0.05) is 93.6 Å². The van der Waals surface area contributed by atoms with Crippen molar-refractivity contribution >= 4 is 28.0 Å². The number of rotatable bonds is 23. The van der Waals surface area contributed by atoms with Gasteiger partial charge >= 0.3 is 18.2 Å². The summed E-state index contributed by atoms with van der Waals surface area (Å²) >= 11 is 0. The van der Waals surface area contributed by atoms with Crippen molar-refractivity contribution in [3.05, 3.63) is 95.6 Å². The van der Waals surface area contributed by atoms with Crippen LogP contribution in [-0.2, 0) is 15.5 Å². The van der Waals surface area contributed by atoms with Gasteiger partial charge in [-0.25, -0.2) is 4.79 Å². The van der Waals surface area contributed by atoms with Gasteiger partial charge in [0.15, 0.2) is 0 Å². The zero-order valence-corrected chi connectivity index (χ0v) is 31.5. The molecule has 0 fully saturated rings. The number of unbranched alkanes of at least 4 members (excludes halogenated alkanes) is 6. The third kappa shape index (κ3) is 14.8. The van der Waals surface area contributed by atoms with Crippen LogP contribution in [0.25, 0.3) is 11.1 Å². The average molecular weight is 766 g/mol. The van der Waals surface area contributed by atoms with Crippen molar-refractivity contribution < 1.29 is 45.5 Å². The molecule has 0 aliphatic carbocycles. The summed E-state index contributed by atoms with van der Waals surface area (Å²) in [7, 11) is -1.41. The number of hydrogen-bond acceptors (Lipinski definition) is 5. The Morgan fingerprint density at radius 1 is 0.717 bits per heavy atom. The highest BCUT2D eigenvalue weighted by Gasteiger charge is 2.56. The molecule has 0 spiro atoms. The minimum Gasteiger partial charge on any atom is -0.508 e. The summed E-state index contributed by atoms with van der Waals surface area (Å²) in [6.07, 6.45) is -1.02. The molecule has 1 N–H and O–H groups in total. The molecule has 1 atom stereocenters. The quantitative estimate of drug-likeness (QED) is 0.0591. The van der Waals surface area contributed by atoms with Gasteiger partial charge < -0.3 is 19.5 Å². The largest absolute Gasteiger partial charge is 0.508 e. The highest BCUT2D eigenvalue weighted by atomic mass is 32.2. The fourth-order valence-corrected chi connectivity index (χ4v) is 7.15. The molecular formula is C41H52F5NO5S. The van der Waals surface area contributed by atoms with Gasteiger partial charge in [-0.15, -0.1) is 0 Å². The van der Waals surface area contributed by atoms with E-state index in [2.05, 4.69) is 19.1 Å². The smallest absolute Gasteiger partial charge is 0.453 e. The summed E-state index contributed by atoms with van der Waals surface area (Å²) < 4.78 is 86.0. The standard InChI is InChI=1S/C41H52F5NO5S/c1-3-37(32-16-11-10-12-17-32)38(33-18-22-35(48)23-19-33)34-20-24-36(25-21-34)52-29-28-47(39(49)51-4-2)27-13-8-6-5-7-9-14-30-53(50)31-15-26-40(42,43)41(44,45)46/h10-12,16-25,48H,3-9,13-15,26-31H2,1-2H3/b38-37+. The first-order valence-electron chi connectivity index (χ1n) is 18.4. The summed E-state index contributed by atoms with van der Waals surface area (Å²) in [5.74, 6) is -3.73. The maximum absolute atomic E-state index is 13.0. The Labute approximate surface area is 312 Å². The molecule has 12 heteroatoms. The number of allylic oxidation sites excluding steroid dienone is 1. The molecule has 0 radical (unpaired) electrons. The number of phenolic OH excluding ortho intramolecular Hbond substituents is 1. The molecule has 3 rings (SSSR count). The van der Waals surface area contributed by atoms with Crippen molar-refractivity contribution in [3.63, 3.8) is 0 Å². The van der Waals surface area contributed by atoms with Crippen molar-refractivity contribution in [1.29, 1.82) is 0 Å². The van der Waals surface area contributed by atoms with Crippen LogP contribution in [0.1, 0.15) is 94.7 Å². The van der Waals surface area contributed by atoms with Crippen LogP contribution in [0.2, 0.25) is 0 Å². The predicted molar refractivity (Wildman–Crippen MR) is 202 cm³/mol. The van der Waals surface area contributed by atoms with E-state index in [1.54, 1.807) is 24.0 Å². The van der Waals surface area contributed by atoms with Crippen molar-refractivity contribution in [2.45, 2.75) is 90.2 Å². The number of carbonyl (C=O) groups excluding carboxylic acids is 1. The predicted octanol–water partition coefficient (Wildman–Crippen LogP) is 11.1. The Kier molecular flexibility index (Phi) is 18.3. The van der Waals surface area contributed by atoms with Crippen LogP contribution >= 0.6 is 0 Å². The molecule has 0 heterocycles. The Morgan fingerprint density at radius 2 is 1.28 bits per heavy atom. The van der Waals surface area contributed by atoms with Crippen LogP contribution < -0.4 is 4.74 Å². The number of phenols is 1. The Morgan fingerprint density at radius 3 is 1.87 bits per heavy atom. The Balaban J connectivity index is 1.43. The highest BCUT2D eigenvalue weighted by molar-refractivity contribution is 7.84. The molecule has 3 aromatic carbocycles. The lowest BCUT2D eigenvalue weighted by atomic mass is 9.88. The van der Waals surface area contributed by atoms with Crippen LogP contribution in [0.4, 0.5) is 26.7 Å². The molecule has 1 unspecified atom stereocenters. The molecule has 0 bridgehead atoms. The Hall–Kier alpha value is -3.93. The Bertz CT molecular complexity index is 1560. The molecule has 0 aliphatic rings. The second-order valence-corrected chi connectivity index (χ2v) is 14.5. The molecule has 0 saturated heterocycles. The first-order chi connectivity index (χ1) is 25.4. The molecule has 0 aromatic heterocycles. The lowest BCUT2D eigenvalue weighted by molar-refractivity contribution is -0.284. The number of amides is 1. The average Bonchev–Trinajstić information content (AvgIpc) is 3.13. The lowest BCUT2D eigenvalue weighted by Crippen LogP contribution is -2.36. The van der Waals surface area contributed by atoms with E-state index in [0.717, 1.165) is 67.2 Å². The second kappa shape index (κ2) is 22.3. The number of benzene rings is 3. The van der Waals surface area contributed by atoms with Crippen LogP contribution in [0.5, 0.6) is 11.5 Å². The fourth-order valence-electron chi connectivity index (χ4n) is 5.96. The minimum atomic E-state index is -5.57. The third-order valence-corrected chi connectivity index (χ3v) is 10.3. The van der Waals surface area contributed by atoms with E-state index in [9.17, 15) is 36.1 Å². The fraction of sp³-hybridized carbons (Fsp3) is 0.488. The summed E-state index contributed by atoms with van der Waals surface area (Å²) in [5.41, 5.74) is 5.39. The number of nitrogens with zero attached hydrogens (tertiary/aromatic N) is 1. The summed E-state index contributed by atoms with van der Waals surface area (Å²) in [6, 6.07) is 25.3. The van der Waals surface area contributed by atoms with E-state index >= 15 is 0 Å². The molecule has 292 valence electrons. The highest BCUT2D eigenvalue weighted by Crippen LogP contribution is 2.39. The summed E-state index contributed by atoms with van der Waals surface area (Å²) in [4.78, 5) is 14.3. The summed E-state index contributed by atoms with van der Waals surface area (Å²) in [6.45, 7) is 5.32.